The minimum Gasteiger partial charge on any atom is -0.361 e. The fourth-order valence-electron chi connectivity index (χ4n) is 2.43. The van der Waals surface area contributed by atoms with Crippen molar-refractivity contribution >= 4 is 5.82 Å². The Labute approximate surface area is 109 Å². The van der Waals surface area contributed by atoms with Crippen LogP contribution in [0, 0.1) is 17.1 Å². The summed E-state index contributed by atoms with van der Waals surface area (Å²) in [5.41, 5.74) is 2.36. The monoisotopic (exact) mass is 254 g/mol. The highest BCUT2D eigenvalue weighted by atomic mass is 19.1. The van der Waals surface area contributed by atoms with Crippen molar-refractivity contribution in [2.45, 2.75) is 18.9 Å². The molecule has 5 heteroatoms. The first-order valence-electron chi connectivity index (χ1n) is 6.04. The lowest BCUT2D eigenvalue weighted by atomic mass is 10.1. The molecule has 0 saturated heterocycles. The van der Waals surface area contributed by atoms with E-state index in [9.17, 15) is 4.39 Å². The Morgan fingerprint density at radius 3 is 3.00 bits per heavy atom. The number of aryl methyl sites for hydroxylation is 1. The number of anilines is 1. The van der Waals surface area contributed by atoms with Gasteiger partial charge >= 0.3 is 0 Å². The van der Waals surface area contributed by atoms with Crippen LogP contribution in [-0.4, -0.2) is 9.97 Å². The minimum absolute atomic E-state index is 0.0550. The summed E-state index contributed by atoms with van der Waals surface area (Å²) < 4.78 is 13.1. The maximum Gasteiger partial charge on any atom is 0.182 e. The SMILES string of the molecule is N#Cc1nccnc1NC1CCc2cc(F)ccc21. The topological polar surface area (TPSA) is 61.6 Å². The molecule has 1 unspecified atom stereocenters. The predicted octanol–water partition coefficient (Wildman–Crippen LogP) is 2.59. The molecule has 19 heavy (non-hydrogen) atoms. The van der Waals surface area contributed by atoms with E-state index in [0.29, 0.717) is 5.82 Å². The van der Waals surface area contributed by atoms with Crippen molar-refractivity contribution < 1.29 is 4.39 Å². The summed E-state index contributed by atoms with van der Waals surface area (Å²) in [6.07, 6.45) is 4.72. The summed E-state index contributed by atoms with van der Waals surface area (Å²) in [4.78, 5) is 8.10. The maximum absolute atomic E-state index is 13.1. The number of hydrogen-bond donors (Lipinski definition) is 1. The molecule has 1 atom stereocenters. The first kappa shape index (κ1) is 11.6. The molecule has 1 aliphatic carbocycles. The number of aromatic nitrogens is 2. The summed E-state index contributed by atoms with van der Waals surface area (Å²) in [6, 6.07) is 6.88. The minimum atomic E-state index is -0.211. The van der Waals surface area contributed by atoms with Gasteiger partial charge < -0.3 is 5.32 Å². The van der Waals surface area contributed by atoms with Gasteiger partial charge in [0.1, 0.15) is 11.9 Å². The molecule has 0 saturated carbocycles. The van der Waals surface area contributed by atoms with Gasteiger partial charge in [0.2, 0.25) is 0 Å². The maximum atomic E-state index is 13.1. The van der Waals surface area contributed by atoms with Crippen molar-refractivity contribution in [2.24, 2.45) is 0 Å². The van der Waals surface area contributed by atoms with Crippen molar-refractivity contribution in [3.8, 4) is 6.07 Å². The quantitative estimate of drug-likeness (QED) is 0.894. The van der Waals surface area contributed by atoms with Crippen LogP contribution >= 0.6 is 0 Å². The number of nitrogens with zero attached hydrogens (tertiary/aromatic N) is 3. The Morgan fingerprint density at radius 1 is 1.32 bits per heavy atom. The highest BCUT2D eigenvalue weighted by Crippen LogP contribution is 2.34. The van der Waals surface area contributed by atoms with Crippen molar-refractivity contribution in [1.82, 2.24) is 9.97 Å². The third-order valence-electron chi connectivity index (χ3n) is 3.30. The third kappa shape index (κ3) is 2.13. The van der Waals surface area contributed by atoms with Gasteiger partial charge in [-0.05, 0) is 36.1 Å². The lowest BCUT2D eigenvalue weighted by molar-refractivity contribution is 0.626. The van der Waals surface area contributed by atoms with Gasteiger partial charge in [0, 0.05) is 12.4 Å². The molecule has 0 radical (unpaired) electrons. The lowest BCUT2D eigenvalue weighted by Crippen LogP contribution is -2.10. The first-order chi connectivity index (χ1) is 9.28. The summed E-state index contributed by atoms with van der Waals surface area (Å²) in [7, 11) is 0. The van der Waals surface area contributed by atoms with Gasteiger partial charge in [0.25, 0.3) is 0 Å². The average Bonchev–Trinajstić information content (AvgIpc) is 2.82. The third-order valence-corrected chi connectivity index (χ3v) is 3.30. The van der Waals surface area contributed by atoms with E-state index < -0.39 is 0 Å². The predicted molar refractivity (Wildman–Crippen MR) is 67.8 cm³/mol. The Morgan fingerprint density at radius 2 is 2.16 bits per heavy atom. The normalized spacial score (nSPS) is 16.7. The van der Waals surface area contributed by atoms with E-state index in [4.69, 9.17) is 5.26 Å². The molecular formula is C14H11FN4. The van der Waals surface area contributed by atoms with Gasteiger partial charge in [-0.15, -0.1) is 0 Å². The molecule has 0 fully saturated rings. The van der Waals surface area contributed by atoms with E-state index in [1.807, 2.05) is 6.07 Å². The van der Waals surface area contributed by atoms with E-state index in [1.165, 1.54) is 12.3 Å². The fraction of sp³-hybridized carbons (Fsp3) is 0.214. The second-order valence-electron chi connectivity index (χ2n) is 4.44. The molecule has 94 valence electrons. The van der Waals surface area contributed by atoms with Crippen LogP contribution in [0.25, 0.3) is 0 Å². The van der Waals surface area contributed by atoms with E-state index in [0.717, 1.165) is 24.0 Å². The Kier molecular flexibility index (Phi) is 2.84. The van der Waals surface area contributed by atoms with Crippen molar-refractivity contribution in [2.75, 3.05) is 5.32 Å². The molecule has 1 aromatic heterocycles. The van der Waals surface area contributed by atoms with E-state index in [-0.39, 0.29) is 17.6 Å². The first-order valence-corrected chi connectivity index (χ1v) is 6.04. The summed E-state index contributed by atoms with van der Waals surface area (Å²) in [5, 5.41) is 12.2. The highest BCUT2D eigenvalue weighted by molar-refractivity contribution is 5.50. The second kappa shape index (κ2) is 4.65. The molecule has 0 amide bonds. The number of nitrogens with one attached hydrogen (secondary N) is 1. The molecule has 1 aromatic carbocycles. The molecular weight excluding hydrogens is 243 g/mol. The Balaban J connectivity index is 1.89. The number of benzene rings is 1. The van der Waals surface area contributed by atoms with Crippen LogP contribution in [-0.2, 0) is 6.42 Å². The lowest BCUT2D eigenvalue weighted by Gasteiger charge is -2.15. The van der Waals surface area contributed by atoms with Crippen LogP contribution < -0.4 is 5.32 Å². The number of nitriles is 1. The van der Waals surface area contributed by atoms with Crippen molar-refractivity contribution in [1.29, 1.82) is 5.26 Å². The van der Waals surface area contributed by atoms with Crippen LogP contribution in [0.2, 0.25) is 0 Å². The molecule has 1 heterocycles. The zero-order valence-electron chi connectivity index (χ0n) is 10.1. The van der Waals surface area contributed by atoms with Crippen LogP contribution in [0.3, 0.4) is 0 Å². The molecule has 4 nitrogen and oxygen atoms in total. The van der Waals surface area contributed by atoms with Crippen molar-refractivity contribution in [3.05, 3.63) is 53.2 Å². The second-order valence-corrected chi connectivity index (χ2v) is 4.44. The standard InChI is InChI=1S/C14H11FN4/c15-10-2-3-11-9(7-10)1-4-12(11)19-14-13(8-16)17-5-6-18-14/h2-3,5-7,12H,1,4H2,(H,18,19). The summed E-state index contributed by atoms with van der Waals surface area (Å²) in [6.45, 7) is 0. The zero-order valence-corrected chi connectivity index (χ0v) is 10.1. The van der Waals surface area contributed by atoms with Gasteiger partial charge in [-0.2, -0.15) is 5.26 Å². The Hall–Kier alpha value is -2.48. The molecule has 1 aliphatic rings. The number of hydrogen-bond acceptors (Lipinski definition) is 4. The summed E-state index contributed by atoms with van der Waals surface area (Å²) in [5.74, 6) is 0.267. The van der Waals surface area contributed by atoms with E-state index in [1.54, 1.807) is 18.3 Å². The number of rotatable bonds is 2. The fourth-order valence-corrected chi connectivity index (χ4v) is 2.43. The van der Waals surface area contributed by atoms with Gasteiger partial charge in [-0.3, -0.25) is 0 Å². The molecule has 2 aromatic rings. The average molecular weight is 254 g/mol. The molecule has 0 bridgehead atoms. The van der Waals surface area contributed by atoms with Gasteiger partial charge in [-0.1, -0.05) is 6.07 Å². The van der Waals surface area contributed by atoms with Crippen LogP contribution in [0.15, 0.2) is 30.6 Å². The number of fused-ring (bicyclic) bond motifs is 1. The summed E-state index contributed by atoms with van der Waals surface area (Å²) >= 11 is 0. The molecule has 0 spiro atoms. The molecule has 1 N–H and O–H groups in total. The van der Waals surface area contributed by atoms with Gasteiger partial charge in [-0.25, -0.2) is 14.4 Å². The van der Waals surface area contributed by atoms with Crippen LogP contribution in [0.4, 0.5) is 10.2 Å². The molecule has 3 rings (SSSR count). The van der Waals surface area contributed by atoms with Crippen molar-refractivity contribution in [3.63, 3.8) is 0 Å². The molecule has 0 aliphatic heterocycles. The smallest absolute Gasteiger partial charge is 0.182 e. The van der Waals surface area contributed by atoms with E-state index in [2.05, 4.69) is 15.3 Å². The largest absolute Gasteiger partial charge is 0.361 e. The Bertz CT molecular complexity index is 663. The van der Waals surface area contributed by atoms with Crippen LogP contribution in [0.1, 0.15) is 29.3 Å². The number of halogens is 1. The zero-order chi connectivity index (χ0) is 13.2. The van der Waals surface area contributed by atoms with Gasteiger partial charge in [0.15, 0.2) is 11.5 Å². The highest BCUT2D eigenvalue weighted by Gasteiger charge is 2.23. The van der Waals surface area contributed by atoms with E-state index >= 15 is 0 Å². The van der Waals surface area contributed by atoms with Crippen LogP contribution in [0.5, 0.6) is 0 Å². The van der Waals surface area contributed by atoms with Gasteiger partial charge in [0.05, 0.1) is 6.04 Å².